The van der Waals surface area contributed by atoms with E-state index in [1.165, 1.54) is 5.56 Å². The number of benzene rings is 1. The molecule has 2 saturated heterocycles. The zero-order valence-electron chi connectivity index (χ0n) is 12.6. The molecule has 2 bridgehead atoms. The predicted octanol–water partition coefficient (Wildman–Crippen LogP) is 2.93. The van der Waals surface area contributed by atoms with E-state index in [2.05, 4.69) is 29.6 Å². The molecule has 0 radical (unpaired) electrons. The highest BCUT2D eigenvalue weighted by atomic mass is 16.6. The Labute approximate surface area is 126 Å². The van der Waals surface area contributed by atoms with E-state index in [4.69, 9.17) is 4.74 Å². The van der Waals surface area contributed by atoms with Crippen molar-refractivity contribution in [1.82, 2.24) is 10.2 Å². The smallest absolute Gasteiger partial charge is 0.410 e. The third-order valence-corrected chi connectivity index (χ3v) is 4.65. The summed E-state index contributed by atoms with van der Waals surface area (Å²) in [7, 11) is 0. The van der Waals surface area contributed by atoms with Crippen LogP contribution < -0.4 is 5.32 Å². The minimum absolute atomic E-state index is 0.119. The van der Waals surface area contributed by atoms with Crippen LogP contribution in [-0.4, -0.2) is 35.7 Å². The van der Waals surface area contributed by atoms with Crippen molar-refractivity contribution < 1.29 is 9.53 Å². The highest BCUT2D eigenvalue weighted by molar-refractivity contribution is 5.69. The first-order valence-electron chi connectivity index (χ1n) is 8.00. The number of carbonyl (C=O) groups is 1. The molecule has 1 aromatic carbocycles. The third kappa shape index (κ3) is 3.21. The second kappa shape index (κ2) is 6.48. The zero-order chi connectivity index (χ0) is 14.7. The lowest BCUT2D eigenvalue weighted by Crippen LogP contribution is -2.51. The van der Waals surface area contributed by atoms with Gasteiger partial charge in [-0.15, -0.1) is 0 Å². The van der Waals surface area contributed by atoms with Crippen molar-refractivity contribution in [3.05, 3.63) is 35.9 Å². The van der Waals surface area contributed by atoms with Gasteiger partial charge < -0.3 is 15.0 Å². The van der Waals surface area contributed by atoms with Crippen LogP contribution in [0, 0.1) is 0 Å². The number of hydrogen-bond donors (Lipinski definition) is 1. The van der Waals surface area contributed by atoms with Gasteiger partial charge in [-0.25, -0.2) is 4.79 Å². The number of nitrogens with zero attached hydrogens (tertiary/aromatic N) is 1. The Morgan fingerprint density at radius 3 is 2.52 bits per heavy atom. The van der Waals surface area contributed by atoms with Crippen molar-refractivity contribution in [2.75, 3.05) is 6.61 Å². The second-order valence-corrected chi connectivity index (χ2v) is 6.03. The average Bonchev–Trinajstić information content (AvgIpc) is 2.78. The molecule has 2 aliphatic heterocycles. The number of piperidine rings is 1. The van der Waals surface area contributed by atoms with E-state index in [1.54, 1.807) is 0 Å². The molecular formula is C17H24N2O2. The summed E-state index contributed by atoms with van der Waals surface area (Å²) in [5, 5.41) is 3.65. The first-order valence-corrected chi connectivity index (χ1v) is 8.00. The maximum Gasteiger partial charge on any atom is 0.410 e. The molecule has 114 valence electrons. The molecular weight excluding hydrogens is 264 g/mol. The van der Waals surface area contributed by atoms with Gasteiger partial charge in [-0.2, -0.15) is 0 Å². The van der Waals surface area contributed by atoms with Crippen LogP contribution in [0.1, 0.15) is 38.2 Å². The number of nitrogens with one attached hydrogen (secondary N) is 1. The number of fused-ring (bicyclic) bond motifs is 2. The van der Waals surface area contributed by atoms with Gasteiger partial charge in [0.05, 0.1) is 6.61 Å². The molecule has 4 heteroatoms. The van der Waals surface area contributed by atoms with E-state index in [0.29, 0.717) is 24.7 Å². The average molecular weight is 288 g/mol. The summed E-state index contributed by atoms with van der Waals surface area (Å²) in [4.78, 5) is 14.0. The summed E-state index contributed by atoms with van der Waals surface area (Å²) in [5.41, 5.74) is 1.32. The lowest BCUT2D eigenvalue weighted by Gasteiger charge is -2.38. The molecule has 0 aromatic heterocycles. The monoisotopic (exact) mass is 288 g/mol. The molecule has 2 fully saturated rings. The number of amides is 1. The summed E-state index contributed by atoms with van der Waals surface area (Å²) in [6, 6.07) is 11.7. The quantitative estimate of drug-likeness (QED) is 0.926. The Balaban J connectivity index is 1.55. The summed E-state index contributed by atoms with van der Waals surface area (Å²) < 4.78 is 5.19. The van der Waals surface area contributed by atoms with E-state index >= 15 is 0 Å². The number of hydrogen-bond acceptors (Lipinski definition) is 3. The van der Waals surface area contributed by atoms with Crippen molar-refractivity contribution in [3.63, 3.8) is 0 Å². The van der Waals surface area contributed by atoms with E-state index < -0.39 is 0 Å². The van der Waals surface area contributed by atoms with Gasteiger partial charge in [-0.3, -0.25) is 0 Å². The maximum absolute atomic E-state index is 12.0. The fraction of sp³-hybridized carbons (Fsp3) is 0.588. The molecule has 1 N–H and O–H groups in total. The van der Waals surface area contributed by atoms with Crippen LogP contribution in [0.3, 0.4) is 0 Å². The molecule has 2 atom stereocenters. The molecule has 0 aliphatic carbocycles. The number of ether oxygens (including phenoxy) is 1. The van der Waals surface area contributed by atoms with Crippen molar-refractivity contribution in [3.8, 4) is 0 Å². The lowest BCUT2D eigenvalue weighted by atomic mass is 9.97. The Kier molecular flexibility index (Phi) is 4.44. The first kappa shape index (κ1) is 14.4. The normalized spacial score (nSPS) is 27.7. The van der Waals surface area contributed by atoms with E-state index in [9.17, 15) is 4.79 Å². The third-order valence-electron chi connectivity index (χ3n) is 4.65. The molecule has 0 spiro atoms. The van der Waals surface area contributed by atoms with Crippen LogP contribution >= 0.6 is 0 Å². The molecule has 2 heterocycles. The fourth-order valence-corrected chi connectivity index (χ4v) is 3.70. The molecule has 3 rings (SSSR count). The van der Waals surface area contributed by atoms with Gasteiger partial charge in [0.2, 0.25) is 0 Å². The topological polar surface area (TPSA) is 41.6 Å². The van der Waals surface area contributed by atoms with Crippen LogP contribution in [-0.2, 0) is 11.3 Å². The second-order valence-electron chi connectivity index (χ2n) is 6.03. The number of rotatable bonds is 4. The molecule has 1 aromatic rings. The van der Waals surface area contributed by atoms with Crippen LogP contribution in [0.25, 0.3) is 0 Å². The van der Waals surface area contributed by atoms with Gasteiger partial charge in [-0.05, 0) is 38.2 Å². The van der Waals surface area contributed by atoms with Crippen LogP contribution in [0.2, 0.25) is 0 Å². The van der Waals surface area contributed by atoms with Gasteiger partial charge >= 0.3 is 6.09 Å². The Morgan fingerprint density at radius 2 is 1.90 bits per heavy atom. The van der Waals surface area contributed by atoms with Crippen molar-refractivity contribution >= 4 is 6.09 Å². The van der Waals surface area contributed by atoms with E-state index in [1.807, 2.05) is 17.9 Å². The van der Waals surface area contributed by atoms with E-state index in [-0.39, 0.29) is 6.09 Å². The SMILES string of the molecule is CCOC(=O)N1C2CCC1CC(NCc1ccccc1)C2. The van der Waals surface area contributed by atoms with Crippen LogP contribution in [0.15, 0.2) is 30.3 Å². The Morgan fingerprint density at radius 1 is 1.24 bits per heavy atom. The standard InChI is InChI=1S/C17H24N2O2/c1-2-21-17(20)19-15-8-9-16(19)11-14(10-15)18-12-13-6-4-3-5-7-13/h3-7,14-16,18H,2,8-12H2,1H3. The first-order chi connectivity index (χ1) is 10.3. The summed E-state index contributed by atoms with van der Waals surface area (Å²) in [6.07, 6.45) is 4.20. The predicted molar refractivity (Wildman–Crippen MR) is 82.0 cm³/mol. The van der Waals surface area contributed by atoms with Crippen molar-refractivity contribution in [2.45, 2.75) is 57.3 Å². The minimum atomic E-state index is -0.119. The summed E-state index contributed by atoms with van der Waals surface area (Å²) in [6.45, 7) is 3.24. The largest absolute Gasteiger partial charge is 0.450 e. The molecule has 0 saturated carbocycles. The minimum Gasteiger partial charge on any atom is -0.450 e. The van der Waals surface area contributed by atoms with Crippen LogP contribution in [0.5, 0.6) is 0 Å². The Bertz CT molecular complexity index is 463. The highest BCUT2D eigenvalue weighted by Gasteiger charge is 2.43. The molecule has 4 nitrogen and oxygen atoms in total. The van der Waals surface area contributed by atoms with Gasteiger partial charge in [0.15, 0.2) is 0 Å². The summed E-state index contributed by atoms with van der Waals surface area (Å²) in [5.74, 6) is 0. The Hall–Kier alpha value is -1.55. The van der Waals surface area contributed by atoms with Crippen molar-refractivity contribution in [2.24, 2.45) is 0 Å². The van der Waals surface area contributed by atoms with Gasteiger partial charge in [-0.1, -0.05) is 30.3 Å². The van der Waals surface area contributed by atoms with E-state index in [0.717, 1.165) is 32.2 Å². The molecule has 1 amide bonds. The molecule has 2 unspecified atom stereocenters. The fourth-order valence-electron chi connectivity index (χ4n) is 3.70. The van der Waals surface area contributed by atoms with Gasteiger partial charge in [0.25, 0.3) is 0 Å². The highest BCUT2D eigenvalue weighted by Crippen LogP contribution is 2.36. The van der Waals surface area contributed by atoms with Crippen molar-refractivity contribution in [1.29, 1.82) is 0 Å². The summed E-state index contributed by atoms with van der Waals surface area (Å²) >= 11 is 0. The van der Waals surface area contributed by atoms with Crippen LogP contribution in [0.4, 0.5) is 4.79 Å². The molecule has 2 aliphatic rings. The van der Waals surface area contributed by atoms with Gasteiger partial charge in [0.1, 0.15) is 0 Å². The van der Waals surface area contributed by atoms with Gasteiger partial charge in [0, 0.05) is 24.7 Å². The lowest BCUT2D eigenvalue weighted by molar-refractivity contribution is 0.0658. The number of carbonyl (C=O) groups excluding carboxylic acids is 1. The molecule has 21 heavy (non-hydrogen) atoms. The maximum atomic E-state index is 12.0. The zero-order valence-corrected chi connectivity index (χ0v) is 12.6.